The molecule has 0 fully saturated rings. The van der Waals surface area contributed by atoms with Gasteiger partial charge >= 0.3 is 0 Å². The average Bonchev–Trinajstić information content (AvgIpc) is 2.43. The highest BCUT2D eigenvalue weighted by molar-refractivity contribution is 8.93. The molecule has 0 aliphatic heterocycles. The molecule has 0 spiro atoms. The second-order valence-corrected chi connectivity index (χ2v) is 6.73. The van der Waals surface area contributed by atoms with E-state index in [0.29, 0.717) is 0 Å². The van der Waals surface area contributed by atoms with Crippen molar-refractivity contribution in [3.8, 4) is 0 Å². The summed E-state index contributed by atoms with van der Waals surface area (Å²) in [5, 5.41) is 0. The number of nitrogens with zero attached hydrogens (tertiary/aromatic N) is 1. The highest BCUT2D eigenvalue weighted by Gasteiger charge is 1.93. The molecule has 0 rings (SSSR count). The van der Waals surface area contributed by atoms with Gasteiger partial charge in [0.1, 0.15) is 0 Å². The van der Waals surface area contributed by atoms with E-state index in [1.807, 2.05) is 26.0 Å². The molecule has 0 atom stereocenters. The Balaban J connectivity index is -0.000000268. The van der Waals surface area contributed by atoms with Gasteiger partial charge in [-0.2, -0.15) is 0 Å². The predicted molar refractivity (Wildman–Crippen MR) is 117 cm³/mol. The van der Waals surface area contributed by atoms with Crippen LogP contribution in [0, 0.1) is 0 Å². The first-order chi connectivity index (χ1) is 10.1. The van der Waals surface area contributed by atoms with Gasteiger partial charge in [0, 0.05) is 0 Å². The van der Waals surface area contributed by atoms with Crippen LogP contribution in [0.4, 0.5) is 0 Å². The summed E-state index contributed by atoms with van der Waals surface area (Å²) in [5.74, 6) is 0. The fraction of sp³-hybridized carbons (Fsp3) is 1.00. The molecule has 23 heavy (non-hydrogen) atoms. The lowest BCUT2D eigenvalue weighted by Crippen LogP contribution is -1.99. The van der Waals surface area contributed by atoms with Crippen molar-refractivity contribution in [2.75, 3.05) is 27.7 Å². The van der Waals surface area contributed by atoms with Crippen LogP contribution in [0.1, 0.15) is 96.8 Å². The van der Waals surface area contributed by atoms with Crippen LogP contribution in [-0.2, 0) is 0 Å². The molecule has 0 aromatic heterocycles. The Bertz CT molecular complexity index is 153. The maximum Gasteiger partial charge on any atom is -0.00773 e. The van der Waals surface area contributed by atoms with Crippen LogP contribution >= 0.6 is 29.4 Å². The summed E-state index contributed by atoms with van der Waals surface area (Å²) < 4.78 is 0. The summed E-state index contributed by atoms with van der Waals surface area (Å²) in [4.78, 5) is 2.00. The standard InChI is InChI=1S/C16H35N.C3H9N.BrH.ClH/c1-2-3-4-5-6-7-8-9-10-11-12-13-14-15-16-17;1-4(2)3;;/h2-17H2,1H3;1-3H3;2*1H. The zero-order valence-corrected chi connectivity index (χ0v) is 19.0. The summed E-state index contributed by atoms with van der Waals surface area (Å²) in [6, 6.07) is 0. The third-order valence-corrected chi connectivity index (χ3v) is 3.56. The maximum absolute atomic E-state index is 5.47. The monoisotopic (exact) mass is 416 g/mol. The van der Waals surface area contributed by atoms with Crippen molar-refractivity contribution in [3.05, 3.63) is 0 Å². The molecule has 0 saturated heterocycles. The van der Waals surface area contributed by atoms with E-state index in [1.54, 1.807) is 0 Å². The van der Waals surface area contributed by atoms with Crippen LogP contribution < -0.4 is 5.73 Å². The van der Waals surface area contributed by atoms with Gasteiger partial charge in [0.25, 0.3) is 0 Å². The van der Waals surface area contributed by atoms with Crippen molar-refractivity contribution in [2.24, 2.45) is 5.73 Å². The van der Waals surface area contributed by atoms with Crippen LogP contribution in [0.25, 0.3) is 0 Å². The largest absolute Gasteiger partial charge is 0.330 e. The number of nitrogens with two attached hydrogens (primary N) is 1. The summed E-state index contributed by atoms with van der Waals surface area (Å²) in [5.41, 5.74) is 5.47. The predicted octanol–water partition coefficient (Wildman–Crippen LogP) is 6.60. The minimum Gasteiger partial charge on any atom is -0.330 e. The number of hydrogen-bond acceptors (Lipinski definition) is 2. The zero-order chi connectivity index (χ0) is 16.2. The fourth-order valence-electron chi connectivity index (χ4n) is 2.34. The van der Waals surface area contributed by atoms with E-state index in [9.17, 15) is 0 Å². The number of halogens is 2. The van der Waals surface area contributed by atoms with Crippen LogP contribution in [-0.4, -0.2) is 32.6 Å². The van der Waals surface area contributed by atoms with Crippen LogP contribution in [0.5, 0.6) is 0 Å². The van der Waals surface area contributed by atoms with Gasteiger partial charge in [0.15, 0.2) is 0 Å². The summed E-state index contributed by atoms with van der Waals surface area (Å²) in [6.45, 7) is 3.16. The quantitative estimate of drug-likeness (QED) is 0.322. The smallest absolute Gasteiger partial charge is 0.00773 e. The second kappa shape index (κ2) is 30.6. The van der Waals surface area contributed by atoms with Gasteiger partial charge in [0.05, 0.1) is 0 Å². The van der Waals surface area contributed by atoms with E-state index in [0.717, 1.165) is 6.54 Å². The molecule has 0 aliphatic carbocycles. The topological polar surface area (TPSA) is 29.3 Å². The minimum absolute atomic E-state index is 0. The van der Waals surface area contributed by atoms with E-state index in [-0.39, 0.29) is 29.4 Å². The Hall–Kier alpha value is 0.690. The highest BCUT2D eigenvalue weighted by Crippen LogP contribution is 2.12. The second-order valence-electron chi connectivity index (χ2n) is 6.73. The van der Waals surface area contributed by atoms with Crippen molar-refractivity contribution in [1.82, 2.24) is 4.90 Å². The molecule has 2 nitrogen and oxygen atoms in total. The lowest BCUT2D eigenvalue weighted by molar-refractivity contribution is 0.505. The number of hydrogen-bond donors (Lipinski definition) is 1. The molecule has 2 N–H and O–H groups in total. The lowest BCUT2D eigenvalue weighted by atomic mass is 10.0. The molecule has 0 unspecified atom stereocenters. The first-order valence-corrected chi connectivity index (χ1v) is 9.46. The fourth-order valence-corrected chi connectivity index (χ4v) is 2.34. The van der Waals surface area contributed by atoms with Crippen molar-refractivity contribution in [1.29, 1.82) is 0 Å². The van der Waals surface area contributed by atoms with Crippen LogP contribution in [0.3, 0.4) is 0 Å². The first kappa shape index (κ1) is 31.5. The lowest BCUT2D eigenvalue weighted by Gasteiger charge is -2.02. The Morgan fingerprint density at radius 3 is 1.00 bits per heavy atom. The Morgan fingerprint density at radius 2 is 0.783 bits per heavy atom. The maximum atomic E-state index is 5.47. The molecular formula is C19H46BrClN2. The number of rotatable bonds is 14. The minimum atomic E-state index is 0. The zero-order valence-electron chi connectivity index (χ0n) is 16.4. The van der Waals surface area contributed by atoms with Gasteiger partial charge in [-0.3, -0.25) is 0 Å². The number of unbranched alkanes of at least 4 members (excludes halogenated alkanes) is 13. The van der Waals surface area contributed by atoms with Gasteiger partial charge in [0.2, 0.25) is 0 Å². The van der Waals surface area contributed by atoms with Gasteiger partial charge in [-0.1, -0.05) is 90.4 Å². The van der Waals surface area contributed by atoms with Gasteiger partial charge in [-0.15, -0.1) is 29.4 Å². The van der Waals surface area contributed by atoms with Gasteiger partial charge in [-0.25, -0.2) is 0 Å². The van der Waals surface area contributed by atoms with E-state index < -0.39 is 0 Å². The Kier molecular flexibility index (Phi) is 41.8. The van der Waals surface area contributed by atoms with E-state index in [4.69, 9.17) is 5.73 Å². The summed E-state index contributed by atoms with van der Waals surface area (Å²) in [7, 11) is 6.00. The third-order valence-electron chi connectivity index (χ3n) is 3.56. The van der Waals surface area contributed by atoms with Crippen molar-refractivity contribution in [2.45, 2.75) is 96.8 Å². The Morgan fingerprint density at radius 1 is 0.565 bits per heavy atom. The molecule has 146 valence electrons. The summed E-state index contributed by atoms with van der Waals surface area (Å²) >= 11 is 0. The summed E-state index contributed by atoms with van der Waals surface area (Å²) in [6.07, 6.45) is 19.9. The van der Waals surface area contributed by atoms with Gasteiger partial charge < -0.3 is 10.6 Å². The molecule has 0 amide bonds. The van der Waals surface area contributed by atoms with E-state index in [1.165, 1.54) is 89.9 Å². The molecule has 4 heteroatoms. The van der Waals surface area contributed by atoms with Crippen LogP contribution in [0.2, 0.25) is 0 Å². The SMILES string of the molecule is Br.CCCCCCCCCCCCCCCCN.CN(C)C.Cl. The van der Waals surface area contributed by atoms with Crippen molar-refractivity contribution >= 4 is 29.4 Å². The molecule has 0 bridgehead atoms. The molecule has 0 saturated carbocycles. The molecule has 0 aromatic rings. The normalized spacial score (nSPS) is 9.65. The molecule has 0 heterocycles. The van der Waals surface area contributed by atoms with E-state index >= 15 is 0 Å². The van der Waals surface area contributed by atoms with Crippen molar-refractivity contribution < 1.29 is 0 Å². The molecule has 0 aliphatic rings. The molecule has 0 radical (unpaired) electrons. The Labute approximate surface area is 164 Å². The average molecular weight is 418 g/mol. The third kappa shape index (κ3) is 45.0. The van der Waals surface area contributed by atoms with E-state index in [2.05, 4.69) is 6.92 Å². The highest BCUT2D eigenvalue weighted by atomic mass is 79.9. The van der Waals surface area contributed by atoms with Crippen LogP contribution in [0.15, 0.2) is 0 Å². The van der Waals surface area contributed by atoms with Crippen molar-refractivity contribution in [3.63, 3.8) is 0 Å². The molecular weight excluding hydrogens is 372 g/mol. The molecule has 0 aromatic carbocycles. The van der Waals surface area contributed by atoms with Gasteiger partial charge in [-0.05, 0) is 34.1 Å². The first-order valence-electron chi connectivity index (χ1n) is 9.46.